The Kier molecular flexibility index (Phi) is 1.99. The maximum atomic E-state index is 13.3. The third-order valence-corrected chi connectivity index (χ3v) is 2.05. The molecule has 14 heavy (non-hydrogen) atoms. The predicted octanol–water partition coefficient (Wildman–Crippen LogP) is 1.31. The number of ether oxygens (including phenoxy) is 1. The first-order chi connectivity index (χ1) is 6.68. The van der Waals surface area contributed by atoms with Crippen molar-refractivity contribution < 1.29 is 19.0 Å². The molecule has 1 aliphatic heterocycles. The first kappa shape index (κ1) is 8.80. The van der Waals surface area contributed by atoms with E-state index in [1.165, 1.54) is 18.2 Å². The molecule has 0 spiro atoms. The number of carbonyl (C=O) groups is 1. The van der Waals surface area contributed by atoms with Crippen LogP contribution in [0.15, 0.2) is 18.2 Å². The van der Waals surface area contributed by atoms with Gasteiger partial charge in [0.1, 0.15) is 18.2 Å². The van der Waals surface area contributed by atoms with E-state index in [4.69, 9.17) is 0 Å². The minimum absolute atomic E-state index is 0.0350. The number of alkyl carbamates (subject to hydrolysis) is 1. The number of halogens is 1. The summed E-state index contributed by atoms with van der Waals surface area (Å²) in [6, 6.07) is 3.37. The highest BCUT2D eigenvalue weighted by Gasteiger charge is 2.28. The quantitative estimate of drug-likeness (QED) is 0.713. The van der Waals surface area contributed by atoms with Crippen LogP contribution in [0.25, 0.3) is 0 Å². The molecule has 74 valence electrons. The fraction of sp³-hybridized carbons (Fsp3) is 0.222. The van der Waals surface area contributed by atoms with Crippen molar-refractivity contribution in [3.63, 3.8) is 0 Å². The number of phenolic OH excluding ortho intramolecular Hbond substituents is 1. The topological polar surface area (TPSA) is 58.6 Å². The van der Waals surface area contributed by atoms with Gasteiger partial charge in [0.2, 0.25) is 0 Å². The second-order valence-electron chi connectivity index (χ2n) is 2.97. The zero-order valence-corrected chi connectivity index (χ0v) is 7.16. The molecule has 1 saturated heterocycles. The maximum absolute atomic E-state index is 13.3. The molecule has 1 fully saturated rings. The second-order valence-corrected chi connectivity index (χ2v) is 2.97. The smallest absolute Gasteiger partial charge is 0.407 e. The highest BCUT2D eigenvalue weighted by Crippen LogP contribution is 2.28. The average molecular weight is 197 g/mol. The molecule has 1 amide bonds. The Balaban J connectivity index is 2.36. The van der Waals surface area contributed by atoms with Crippen LogP contribution in [0.4, 0.5) is 9.18 Å². The van der Waals surface area contributed by atoms with Crippen molar-refractivity contribution in [2.75, 3.05) is 6.61 Å². The highest BCUT2D eigenvalue weighted by atomic mass is 19.1. The molecule has 1 aliphatic rings. The lowest BCUT2D eigenvalue weighted by molar-refractivity contribution is 0.176. The molecule has 1 heterocycles. The van der Waals surface area contributed by atoms with E-state index < -0.39 is 18.0 Å². The van der Waals surface area contributed by atoms with Crippen LogP contribution in [-0.2, 0) is 4.74 Å². The zero-order valence-electron chi connectivity index (χ0n) is 7.16. The van der Waals surface area contributed by atoms with Crippen LogP contribution in [0, 0.1) is 5.82 Å². The Labute approximate surface area is 79.3 Å². The van der Waals surface area contributed by atoms with Gasteiger partial charge in [-0.15, -0.1) is 0 Å². The van der Waals surface area contributed by atoms with Crippen LogP contribution in [0.2, 0.25) is 0 Å². The highest BCUT2D eigenvalue weighted by molar-refractivity contribution is 5.70. The summed E-state index contributed by atoms with van der Waals surface area (Å²) in [5.74, 6) is -0.735. The fourth-order valence-corrected chi connectivity index (χ4v) is 1.41. The van der Waals surface area contributed by atoms with Crippen LogP contribution >= 0.6 is 0 Å². The number of benzene rings is 1. The second kappa shape index (κ2) is 3.17. The molecule has 0 bridgehead atoms. The molecular formula is C9H8FNO3. The Morgan fingerprint density at radius 2 is 2.36 bits per heavy atom. The molecule has 2 rings (SSSR count). The summed E-state index contributed by atoms with van der Waals surface area (Å²) in [6.45, 7) is 0.0350. The lowest BCUT2D eigenvalue weighted by atomic mass is 10.1. The van der Waals surface area contributed by atoms with E-state index in [1.807, 2.05) is 0 Å². The molecule has 0 aromatic heterocycles. The standard InChI is InChI=1S/C9H8FNO3/c10-5-2-1-3-7(12)8(5)6-4-14-9(13)11-6/h1-3,6,12H,4H2,(H,11,13). The van der Waals surface area contributed by atoms with E-state index in [0.717, 1.165) is 0 Å². The number of hydrogen-bond acceptors (Lipinski definition) is 3. The number of carbonyl (C=O) groups excluding carboxylic acids is 1. The summed E-state index contributed by atoms with van der Waals surface area (Å²) in [5, 5.41) is 11.8. The number of phenols is 1. The number of aromatic hydroxyl groups is 1. The van der Waals surface area contributed by atoms with Crippen molar-refractivity contribution in [3.8, 4) is 5.75 Å². The van der Waals surface area contributed by atoms with Gasteiger partial charge >= 0.3 is 6.09 Å². The van der Waals surface area contributed by atoms with E-state index in [0.29, 0.717) is 0 Å². The van der Waals surface area contributed by atoms with Gasteiger partial charge in [-0.05, 0) is 12.1 Å². The van der Waals surface area contributed by atoms with Gasteiger partial charge in [0.15, 0.2) is 0 Å². The summed E-state index contributed by atoms with van der Waals surface area (Å²) in [4.78, 5) is 10.7. The first-order valence-corrected chi connectivity index (χ1v) is 4.09. The average Bonchev–Trinajstić information content (AvgIpc) is 2.51. The summed E-state index contributed by atoms with van der Waals surface area (Å²) in [7, 11) is 0. The van der Waals surface area contributed by atoms with Gasteiger partial charge in [0, 0.05) is 0 Å². The van der Waals surface area contributed by atoms with Crippen molar-refractivity contribution in [2.24, 2.45) is 0 Å². The molecule has 0 aliphatic carbocycles. The van der Waals surface area contributed by atoms with Gasteiger partial charge in [-0.2, -0.15) is 0 Å². The van der Waals surface area contributed by atoms with Crippen LogP contribution in [0.1, 0.15) is 11.6 Å². The Morgan fingerprint density at radius 3 is 2.93 bits per heavy atom. The summed E-state index contributed by atoms with van der Waals surface area (Å²) >= 11 is 0. The molecule has 1 unspecified atom stereocenters. The molecular weight excluding hydrogens is 189 g/mol. The molecule has 1 atom stereocenters. The molecule has 4 nitrogen and oxygen atoms in total. The molecule has 0 radical (unpaired) electrons. The first-order valence-electron chi connectivity index (χ1n) is 4.09. The van der Waals surface area contributed by atoms with Gasteiger partial charge in [-0.3, -0.25) is 0 Å². The molecule has 1 aromatic rings. The lowest BCUT2D eigenvalue weighted by Gasteiger charge is -2.10. The summed E-state index contributed by atoms with van der Waals surface area (Å²) in [5.41, 5.74) is 0.0679. The Hall–Kier alpha value is -1.78. The van der Waals surface area contributed by atoms with Crippen molar-refractivity contribution in [1.29, 1.82) is 0 Å². The van der Waals surface area contributed by atoms with Crippen LogP contribution < -0.4 is 5.32 Å². The maximum Gasteiger partial charge on any atom is 0.407 e. The number of cyclic esters (lactones) is 1. The van der Waals surface area contributed by atoms with E-state index in [1.54, 1.807) is 0 Å². The largest absolute Gasteiger partial charge is 0.507 e. The molecule has 0 saturated carbocycles. The van der Waals surface area contributed by atoms with E-state index >= 15 is 0 Å². The fourth-order valence-electron chi connectivity index (χ4n) is 1.41. The molecule has 5 heteroatoms. The third kappa shape index (κ3) is 1.37. The molecule has 2 N–H and O–H groups in total. The monoisotopic (exact) mass is 197 g/mol. The minimum atomic E-state index is -0.608. The minimum Gasteiger partial charge on any atom is -0.507 e. The summed E-state index contributed by atoms with van der Waals surface area (Å²) in [6.07, 6.45) is -0.599. The summed E-state index contributed by atoms with van der Waals surface area (Å²) < 4.78 is 17.9. The van der Waals surface area contributed by atoms with Crippen molar-refractivity contribution in [2.45, 2.75) is 6.04 Å². The van der Waals surface area contributed by atoms with Gasteiger partial charge in [-0.1, -0.05) is 6.07 Å². The van der Waals surface area contributed by atoms with Gasteiger partial charge < -0.3 is 15.2 Å². The SMILES string of the molecule is O=C1NC(c2c(O)cccc2F)CO1. The van der Waals surface area contributed by atoms with Gasteiger partial charge in [0.05, 0.1) is 11.6 Å². The van der Waals surface area contributed by atoms with Crippen LogP contribution in [0.5, 0.6) is 5.75 Å². The molecule has 1 aromatic carbocycles. The zero-order chi connectivity index (χ0) is 10.1. The van der Waals surface area contributed by atoms with Gasteiger partial charge in [0.25, 0.3) is 0 Å². The van der Waals surface area contributed by atoms with Crippen molar-refractivity contribution >= 4 is 6.09 Å². The number of nitrogens with one attached hydrogen (secondary N) is 1. The number of rotatable bonds is 1. The van der Waals surface area contributed by atoms with Crippen molar-refractivity contribution in [3.05, 3.63) is 29.6 Å². The van der Waals surface area contributed by atoms with E-state index in [-0.39, 0.29) is 17.9 Å². The Bertz CT molecular complexity index is 360. The third-order valence-electron chi connectivity index (χ3n) is 2.05. The van der Waals surface area contributed by atoms with Crippen LogP contribution in [0.3, 0.4) is 0 Å². The predicted molar refractivity (Wildman–Crippen MR) is 45.3 cm³/mol. The van der Waals surface area contributed by atoms with Gasteiger partial charge in [-0.25, -0.2) is 9.18 Å². The van der Waals surface area contributed by atoms with E-state index in [2.05, 4.69) is 10.1 Å². The van der Waals surface area contributed by atoms with E-state index in [9.17, 15) is 14.3 Å². The lowest BCUT2D eigenvalue weighted by Crippen LogP contribution is -2.19. The number of hydrogen-bond donors (Lipinski definition) is 2. The normalized spacial score (nSPS) is 20.4. The van der Waals surface area contributed by atoms with Crippen LogP contribution in [-0.4, -0.2) is 17.8 Å². The Morgan fingerprint density at radius 1 is 1.57 bits per heavy atom. The van der Waals surface area contributed by atoms with Crippen molar-refractivity contribution in [1.82, 2.24) is 5.32 Å². The number of amides is 1.